The fourth-order valence-corrected chi connectivity index (χ4v) is 2.60. The first-order valence-electron chi connectivity index (χ1n) is 7.66. The van der Waals surface area contributed by atoms with Crippen LogP contribution in [-0.2, 0) is 17.6 Å². The van der Waals surface area contributed by atoms with Gasteiger partial charge >= 0.3 is 5.97 Å². The predicted molar refractivity (Wildman–Crippen MR) is 90.3 cm³/mol. The first-order valence-corrected chi connectivity index (χ1v) is 7.66. The molecule has 0 fully saturated rings. The van der Waals surface area contributed by atoms with Gasteiger partial charge in [0.15, 0.2) is 0 Å². The monoisotopic (exact) mass is 323 g/mol. The molecule has 0 unspecified atom stereocenters. The molecule has 24 heavy (non-hydrogen) atoms. The summed E-state index contributed by atoms with van der Waals surface area (Å²) in [7, 11) is 0. The number of carbonyl (C=O) groups excluding carboxylic acids is 1. The van der Waals surface area contributed by atoms with Crippen LogP contribution in [0.5, 0.6) is 0 Å². The van der Waals surface area contributed by atoms with Gasteiger partial charge < -0.3 is 10.4 Å². The lowest BCUT2D eigenvalue weighted by molar-refractivity contribution is -0.136. The van der Waals surface area contributed by atoms with Crippen LogP contribution in [0, 0.1) is 0 Å². The molecule has 0 spiro atoms. The molecule has 0 aliphatic heterocycles. The van der Waals surface area contributed by atoms with Gasteiger partial charge in [-0.2, -0.15) is 0 Å². The van der Waals surface area contributed by atoms with Crippen LogP contribution in [0.4, 0.5) is 5.69 Å². The highest BCUT2D eigenvalue weighted by Gasteiger charge is 2.18. The first-order chi connectivity index (χ1) is 11.6. The number of fused-ring (bicyclic) bond motifs is 1. The quantitative estimate of drug-likeness (QED) is 0.756. The average molecular weight is 323 g/mol. The smallest absolute Gasteiger partial charge is 0.307 e. The van der Waals surface area contributed by atoms with Crippen LogP contribution in [0.25, 0.3) is 5.65 Å². The van der Waals surface area contributed by atoms with Gasteiger partial charge in [0.25, 0.3) is 5.91 Å². The summed E-state index contributed by atoms with van der Waals surface area (Å²) in [5.74, 6) is -1.12. The van der Waals surface area contributed by atoms with Gasteiger partial charge in [0.05, 0.1) is 12.1 Å². The lowest BCUT2D eigenvalue weighted by Crippen LogP contribution is -2.16. The van der Waals surface area contributed by atoms with Gasteiger partial charge in [0, 0.05) is 11.9 Å². The van der Waals surface area contributed by atoms with Gasteiger partial charge in [-0.1, -0.05) is 25.1 Å². The van der Waals surface area contributed by atoms with Crippen molar-refractivity contribution in [3.8, 4) is 0 Å². The van der Waals surface area contributed by atoms with Crippen LogP contribution >= 0.6 is 0 Å². The molecular formula is C18H17N3O3. The van der Waals surface area contributed by atoms with E-state index in [1.165, 1.54) is 0 Å². The minimum Gasteiger partial charge on any atom is -0.481 e. The third-order valence-electron chi connectivity index (χ3n) is 3.72. The number of hydrogen-bond acceptors (Lipinski definition) is 3. The number of benzene rings is 1. The minimum absolute atomic E-state index is 0.0402. The summed E-state index contributed by atoms with van der Waals surface area (Å²) < 4.78 is 1.77. The van der Waals surface area contributed by atoms with Crippen LogP contribution in [0.3, 0.4) is 0 Å². The summed E-state index contributed by atoms with van der Waals surface area (Å²) in [5.41, 5.74) is 3.28. The Morgan fingerprint density at radius 1 is 1.17 bits per heavy atom. The Labute approximate surface area is 138 Å². The number of carboxylic acids is 1. The van der Waals surface area contributed by atoms with Crippen LogP contribution < -0.4 is 5.32 Å². The Morgan fingerprint density at radius 2 is 1.92 bits per heavy atom. The van der Waals surface area contributed by atoms with Crippen molar-refractivity contribution >= 4 is 23.2 Å². The zero-order valence-corrected chi connectivity index (χ0v) is 13.2. The topological polar surface area (TPSA) is 83.7 Å². The van der Waals surface area contributed by atoms with Crippen molar-refractivity contribution in [2.45, 2.75) is 19.8 Å². The van der Waals surface area contributed by atoms with E-state index in [2.05, 4.69) is 10.3 Å². The summed E-state index contributed by atoms with van der Waals surface area (Å²) >= 11 is 0. The SMILES string of the molecule is CCc1nc2ccccn2c1C(=O)Nc1ccc(CC(=O)O)cc1. The highest BCUT2D eigenvalue weighted by molar-refractivity contribution is 6.04. The number of nitrogens with zero attached hydrogens (tertiary/aromatic N) is 2. The minimum atomic E-state index is -0.884. The molecule has 0 aliphatic carbocycles. The maximum absolute atomic E-state index is 12.7. The van der Waals surface area contributed by atoms with E-state index in [0.717, 1.165) is 11.3 Å². The Morgan fingerprint density at radius 3 is 2.58 bits per heavy atom. The van der Waals surface area contributed by atoms with E-state index in [4.69, 9.17) is 5.11 Å². The van der Waals surface area contributed by atoms with E-state index in [1.807, 2.05) is 31.3 Å². The molecule has 0 aliphatic rings. The molecule has 0 atom stereocenters. The van der Waals surface area contributed by atoms with Gasteiger partial charge in [-0.05, 0) is 36.2 Å². The molecule has 122 valence electrons. The standard InChI is InChI=1S/C18H17N3O3/c1-2-14-17(21-10-4-3-5-15(21)20-14)18(24)19-13-8-6-12(7-9-13)11-16(22)23/h3-10H,2,11H2,1H3,(H,19,24)(H,22,23). The number of rotatable bonds is 5. The second-order valence-corrected chi connectivity index (χ2v) is 5.41. The molecule has 2 N–H and O–H groups in total. The molecule has 3 rings (SSSR count). The molecule has 0 bridgehead atoms. The van der Waals surface area contributed by atoms with E-state index in [-0.39, 0.29) is 12.3 Å². The molecule has 6 heteroatoms. The summed E-state index contributed by atoms with van der Waals surface area (Å²) in [6, 6.07) is 12.4. The zero-order valence-electron chi connectivity index (χ0n) is 13.2. The number of anilines is 1. The third kappa shape index (κ3) is 3.12. The van der Waals surface area contributed by atoms with E-state index >= 15 is 0 Å². The van der Waals surface area contributed by atoms with Gasteiger partial charge in [0.2, 0.25) is 0 Å². The van der Waals surface area contributed by atoms with E-state index in [0.29, 0.717) is 23.4 Å². The molecule has 2 aromatic heterocycles. The molecule has 0 saturated carbocycles. The largest absolute Gasteiger partial charge is 0.481 e. The van der Waals surface area contributed by atoms with E-state index in [1.54, 1.807) is 28.7 Å². The van der Waals surface area contributed by atoms with Crippen molar-refractivity contribution in [2.24, 2.45) is 0 Å². The molecule has 1 aromatic carbocycles. The molecule has 2 heterocycles. The fraction of sp³-hybridized carbons (Fsp3) is 0.167. The number of hydrogen-bond donors (Lipinski definition) is 2. The van der Waals surface area contributed by atoms with E-state index in [9.17, 15) is 9.59 Å². The number of imidazole rings is 1. The molecule has 0 radical (unpaired) electrons. The maximum Gasteiger partial charge on any atom is 0.307 e. The van der Waals surface area contributed by atoms with Gasteiger partial charge in [0.1, 0.15) is 11.3 Å². The average Bonchev–Trinajstić information content (AvgIpc) is 2.95. The summed E-state index contributed by atoms with van der Waals surface area (Å²) in [6.45, 7) is 1.96. The molecule has 1 amide bonds. The molecule has 3 aromatic rings. The molecule has 6 nitrogen and oxygen atoms in total. The Kier molecular flexibility index (Phi) is 4.29. The zero-order chi connectivity index (χ0) is 17.1. The predicted octanol–water partition coefficient (Wildman–Crippen LogP) is 2.78. The van der Waals surface area contributed by atoms with Crippen LogP contribution in [0.1, 0.15) is 28.7 Å². The van der Waals surface area contributed by atoms with Gasteiger partial charge in [-0.25, -0.2) is 4.98 Å². The molecule has 0 saturated heterocycles. The van der Waals surface area contributed by atoms with Gasteiger partial charge in [-0.3, -0.25) is 14.0 Å². The van der Waals surface area contributed by atoms with Gasteiger partial charge in [-0.15, -0.1) is 0 Å². The van der Waals surface area contributed by atoms with E-state index < -0.39 is 5.97 Å². The normalized spacial score (nSPS) is 10.7. The number of aryl methyl sites for hydroxylation is 1. The number of amides is 1. The number of nitrogens with one attached hydrogen (secondary N) is 1. The number of carboxylic acid groups (broad SMARTS) is 1. The summed E-state index contributed by atoms with van der Waals surface area (Å²) in [6.07, 6.45) is 2.43. The molecular weight excluding hydrogens is 306 g/mol. The Balaban J connectivity index is 1.86. The summed E-state index contributed by atoms with van der Waals surface area (Å²) in [4.78, 5) is 27.8. The van der Waals surface area contributed by atoms with Crippen molar-refractivity contribution in [3.63, 3.8) is 0 Å². The number of aliphatic carboxylic acids is 1. The van der Waals surface area contributed by atoms with Crippen molar-refractivity contribution in [1.82, 2.24) is 9.38 Å². The fourth-order valence-electron chi connectivity index (χ4n) is 2.60. The lowest BCUT2D eigenvalue weighted by atomic mass is 10.1. The number of aromatic nitrogens is 2. The second-order valence-electron chi connectivity index (χ2n) is 5.41. The highest BCUT2D eigenvalue weighted by Crippen LogP contribution is 2.17. The Hall–Kier alpha value is -3.15. The highest BCUT2D eigenvalue weighted by atomic mass is 16.4. The summed E-state index contributed by atoms with van der Waals surface area (Å²) in [5, 5.41) is 11.6. The second kappa shape index (κ2) is 6.54. The maximum atomic E-state index is 12.7. The first kappa shape index (κ1) is 15.7. The Bertz CT molecular complexity index is 898. The van der Waals surface area contributed by atoms with Crippen LogP contribution in [-0.4, -0.2) is 26.4 Å². The van der Waals surface area contributed by atoms with Crippen molar-refractivity contribution in [3.05, 3.63) is 65.6 Å². The van der Waals surface area contributed by atoms with Crippen LogP contribution in [0.2, 0.25) is 0 Å². The van der Waals surface area contributed by atoms with Crippen molar-refractivity contribution in [2.75, 3.05) is 5.32 Å². The number of carbonyl (C=O) groups is 2. The van der Waals surface area contributed by atoms with Crippen molar-refractivity contribution < 1.29 is 14.7 Å². The van der Waals surface area contributed by atoms with Crippen molar-refractivity contribution in [1.29, 1.82) is 0 Å². The number of pyridine rings is 1. The lowest BCUT2D eigenvalue weighted by Gasteiger charge is -2.07. The third-order valence-corrected chi connectivity index (χ3v) is 3.72. The van der Waals surface area contributed by atoms with Crippen LogP contribution in [0.15, 0.2) is 48.7 Å².